The molecule has 0 radical (unpaired) electrons. The maximum Gasteiger partial charge on any atom is 0.232 e. The van der Waals surface area contributed by atoms with Crippen molar-refractivity contribution in [2.24, 2.45) is 0 Å². The standard InChI is InChI=1S/C26H31N5O/c1-20-29-23(19-24(30-20)31-17-9-4-10-18-31)27-15-16-28-26(32)25(21-11-5-2-6-12-21)22-13-7-3-8-14-22/h2-3,5-8,11-14,19,25H,4,9-10,15-18H2,1H3,(H,28,32)(H,27,29,30). The lowest BCUT2D eigenvalue weighted by Gasteiger charge is -2.28. The molecule has 2 N–H and O–H groups in total. The maximum atomic E-state index is 13.1. The van der Waals surface area contributed by atoms with Crippen LogP contribution in [0.25, 0.3) is 0 Å². The van der Waals surface area contributed by atoms with E-state index >= 15 is 0 Å². The average molecular weight is 430 g/mol. The van der Waals surface area contributed by atoms with Gasteiger partial charge in [0.25, 0.3) is 0 Å². The summed E-state index contributed by atoms with van der Waals surface area (Å²) < 4.78 is 0. The zero-order valence-electron chi connectivity index (χ0n) is 18.6. The molecule has 0 bridgehead atoms. The fourth-order valence-corrected chi connectivity index (χ4v) is 4.19. The van der Waals surface area contributed by atoms with Crippen LogP contribution in [0.4, 0.5) is 11.6 Å². The predicted octanol–water partition coefficient (Wildman–Crippen LogP) is 4.14. The van der Waals surface area contributed by atoms with E-state index in [9.17, 15) is 4.79 Å². The molecule has 3 aromatic rings. The normalized spacial score (nSPS) is 13.8. The molecule has 4 rings (SSSR count). The van der Waals surface area contributed by atoms with Crippen LogP contribution in [-0.2, 0) is 4.79 Å². The highest BCUT2D eigenvalue weighted by Gasteiger charge is 2.22. The molecule has 1 aliphatic rings. The van der Waals surface area contributed by atoms with E-state index in [0.29, 0.717) is 13.1 Å². The molecule has 0 atom stereocenters. The summed E-state index contributed by atoms with van der Waals surface area (Å²) in [4.78, 5) is 24.6. The molecule has 1 amide bonds. The van der Waals surface area contributed by atoms with Crippen molar-refractivity contribution in [3.63, 3.8) is 0 Å². The van der Waals surface area contributed by atoms with Crippen LogP contribution in [0.1, 0.15) is 42.1 Å². The second kappa shape index (κ2) is 10.8. The molecule has 1 aliphatic heterocycles. The van der Waals surface area contributed by atoms with Crippen molar-refractivity contribution < 1.29 is 4.79 Å². The molecular weight excluding hydrogens is 398 g/mol. The molecule has 166 valence electrons. The lowest BCUT2D eigenvalue weighted by atomic mass is 9.90. The van der Waals surface area contributed by atoms with Crippen LogP contribution in [0.5, 0.6) is 0 Å². The number of carbonyl (C=O) groups is 1. The second-order valence-corrected chi connectivity index (χ2v) is 8.18. The third-order valence-corrected chi connectivity index (χ3v) is 5.76. The smallest absolute Gasteiger partial charge is 0.232 e. The van der Waals surface area contributed by atoms with Crippen molar-refractivity contribution in [3.8, 4) is 0 Å². The first-order valence-corrected chi connectivity index (χ1v) is 11.4. The Balaban J connectivity index is 1.36. The summed E-state index contributed by atoms with van der Waals surface area (Å²) in [6.45, 7) is 5.12. The summed E-state index contributed by atoms with van der Waals surface area (Å²) in [5.41, 5.74) is 1.98. The Labute approximate surface area is 190 Å². The van der Waals surface area contributed by atoms with E-state index in [1.54, 1.807) is 0 Å². The van der Waals surface area contributed by atoms with Crippen LogP contribution in [0, 0.1) is 6.92 Å². The highest BCUT2D eigenvalue weighted by atomic mass is 16.1. The minimum absolute atomic E-state index is 0.00271. The van der Waals surface area contributed by atoms with Gasteiger partial charge in [0, 0.05) is 32.2 Å². The monoisotopic (exact) mass is 429 g/mol. The average Bonchev–Trinajstić information content (AvgIpc) is 2.84. The molecule has 6 heteroatoms. The van der Waals surface area contributed by atoms with Crippen molar-refractivity contribution in [2.45, 2.75) is 32.1 Å². The Kier molecular flexibility index (Phi) is 7.33. The zero-order valence-corrected chi connectivity index (χ0v) is 18.6. The number of hydrogen-bond donors (Lipinski definition) is 2. The van der Waals surface area contributed by atoms with Gasteiger partial charge in [0.15, 0.2) is 0 Å². The predicted molar refractivity (Wildman–Crippen MR) is 129 cm³/mol. The number of hydrogen-bond acceptors (Lipinski definition) is 5. The first-order chi connectivity index (χ1) is 15.7. The third kappa shape index (κ3) is 5.63. The molecule has 2 aromatic carbocycles. The van der Waals surface area contributed by atoms with Crippen molar-refractivity contribution in [1.82, 2.24) is 15.3 Å². The first kappa shape index (κ1) is 21.8. The fraction of sp³-hybridized carbons (Fsp3) is 0.346. The molecule has 0 unspecified atom stereocenters. The van der Waals surface area contributed by atoms with Gasteiger partial charge in [-0.15, -0.1) is 0 Å². The molecule has 1 aromatic heterocycles. The summed E-state index contributed by atoms with van der Waals surface area (Å²) >= 11 is 0. The topological polar surface area (TPSA) is 70.2 Å². The Bertz CT molecular complexity index is 964. The van der Waals surface area contributed by atoms with E-state index in [4.69, 9.17) is 0 Å². The number of aromatic nitrogens is 2. The molecule has 2 heterocycles. The van der Waals surface area contributed by atoms with Crippen molar-refractivity contribution in [3.05, 3.63) is 83.7 Å². The van der Waals surface area contributed by atoms with E-state index in [-0.39, 0.29) is 11.8 Å². The molecule has 32 heavy (non-hydrogen) atoms. The number of nitrogens with one attached hydrogen (secondary N) is 2. The van der Waals surface area contributed by atoms with Gasteiger partial charge in [-0.05, 0) is 37.3 Å². The number of carbonyl (C=O) groups excluding carboxylic acids is 1. The van der Waals surface area contributed by atoms with E-state index < -0.39 is 0 Å². The van der Waals surface area contributed by atoms with Gasteiger partial charge >= 0.3 is 0 Å². The lowest BCUT2D eigenvalue weighted by Crippen LogP contribution is -2.34. The Morgan fingerprint density at radius 1 is 0.906 bits per heavy atom. The Morgan fingerprint density at radius 3 is 2.16 bits per heavy atom. The Morgan fingerprint density at radius 2 is 1.53 bits per heavy atom. The third-order valence-electron chi connectivity index (χ3n) is 5.76. The number of nitrogens with zero attached hydrogens (tertiary/aromatic N) is 3. The Hall–Kier alpha value is -3.41. The SMILES string of the molecule is Cc1nc(NCCNC(=O)C(c2ccccc2)c2ccccc2)cc(N2CCCCC2)n1. The van der Waals surface area contributed by atoms with Gasteiger partial charge in [-0.25, -0.2) is 9.97 Å². The summed E-state index contributed by atoms with van der Waals surface area (Å²) in [5, 5.41) is 6.43. The van der Waals surface area contributed by atoms with Gasteiger partial charge in [0.2, 0.25) is 5.91 Å². The van der Waals surface area contributed by atoms with Gasteiger partial charge in [0.05, 0.1) is 5.92 Å². The number of rotatable bonds is 8. The molecular formula is C26H31N5O. The van der Waals surface area contributed by atoms with Crippen LogP contribution in [0.3, 0.4) is 0 Å². The van der Waals surface area contributed by atoms with Crippen molar-refractivity contribution in [1.29, 1.82) is 0 Å². The van der Waals surface area contributed by atoms with E-state index in [2.05, 4.69) is 25.5 Å². The highest BCUT2D eigenvalue weighted by Crippen LogP contribution is 2.24. The summed E-state index contributed by atoms with van der Waals surface area (Å²) in [5.74, 6) is 2.21. The molecule has 6 nitrogen and oxygen atoms in total. The largest absolute Gasteiger partial charge is 0.368 e. The second-order valence-electron chi connectivity index (χ2n) is 8.18. The van der Waals surface area contributed by atoms with Crippen LogP contribution in [0.2, 0.25) is 0 Å². The highest BCUT2D eigenvalue weighted by molar-refractivity contribution is 5.87. The van der Waals surface area contributed by atoms with Gasteiger partial charge < -0.3 is 15.5 Å². The van der Waals surface area contributed by atoms with Crippen LogP contribution in [-0.4, -0.2) is 42.1 Å². The van der Waals surface area contributed by atoms with Gasteiger partial charge in [-0.1, -0.05) is 60.7 Å². The summed E-state index contributed by atoms with van der Waals surface area (Å²) in [6.07, 6.45) is 3.71. The van der Waals surface area contributed by atoms with Crippen LogP contribution >= 0.6 is 0 Å². The molecule has 0 spiro atoms. The van der Waals surface area contributed by atoms with Gasteiger partial charge in [-0.3, -0.25) is 4.79 Å². The quantitative estimate of drug-likeness (QED) is 0.527. The number of piperidine rings is 1. The van der Waals surface area contributed by atoms with E-state index in [0.717, 1.165) is 41.7 Å². The molecule has 1 saturated heterocycles. The van der Waals surface area contributed by atoms with Crippen molar-refractivity contribution >= 4 is 17.5 Å². The fourth-order valence-electron chi connectivity index (χ4n) is 4.19. The van der Waals surface area contributed by atoms with Gasteiger partial charge in [0.1, 0.15) is 17.5 Å². The summed E-state index contributed by atoms with van der Waals surface area (Å²) in [7, 11) is 0. The summed E-state index contributed by atoms with van der Waals surface area (Å²) in [6, 6.07) is 21.8. The number of anilines is 2. The molecule has 0 aliphatic carbocycles. The lowest BCUT2D eigenvalue weighted by molar-refractivity contribution is -0.121. The van der Waals surface area contributed by atoms with E-state index in [1.165, 1.54) is 19.3 Å². The van der Waals surface area contributed by atoms with E-state index in [1.807, 2.05) is 73.7 Å². The molecule has 0 saturated carbocycles. The van der Waals surface area contributed by atoms with Crippen LogP contribution in [0.15, 0.2) is 66.7 Å². The van der Waals surface area contributed by atoms with Gasteiger partial charge in [-0.2, -0.15) is 0 Å². The van der Waals surface area contributed by atoms with Crippen molar-refractivity contribution in [2.75, 3.05) is 36.4 Å². The number of aryl methyl sites for hydroxylation is 1. The molecule has 1 fully saturated rings. The minimum Gasteiger partial charge on any atom is -0.368 e. The zero-order chi connectivity index (χ0) is 22.2. The first-order valence-electron chi connectivity index (χ1n) is 11.4. The maximum absolute atomic E-state index is 13.1. The minimum atomic E-state index is -0.329. The number of benzene rings is 2. The van der Waals surface area contributed by atoms with Crippen LogP contribution < -0.4 is 15.5 Å². The number of amides is 1.